The van der Waals surface area contributed by atoms with E-state index in [0.717, 1.165) is 16.0 Å². The standard InChI is InChI=1S/C21H23N4O4PS/c1-28-30(29-2)13-31-17-9-7-16(8-10-17)24-21(27)19-20(22)23-11-18(25-19)15-5-3-14(12-26)4-6-15/h3-11,26H,12-13H2,1-2H3,(H2,22,23)(H,24,27). The van der Waals surface area contributed by atoms with Gasteiger partial charge < -0.3 is 25.2 Å². The number of aliphatic hydroxyl groups excluding tert-OH is 1. The maximum atomic E-state index is 12.7. The van der Waals surface area contributed by atoms with Crippen molar-refractivity contribution in [1.29, 1.82) is 0 Å². The van der Waals surface area contributed by atoms with Gasteiger partial charge in [-0.15, -0.1) is 11.8 Å². The van der Waals surface area contributed by atoms with E-state index >= 15 is 0 Å². The molecule has 8 nitrogen and oxygen atoms in total. The molecule has 0 saturated carbocycles. The van der Waals surface area contributed by atoms with Gasteiger partial charge in [0.05, 0.1) is 24.0 Å². The number of nitrogens with zero attached hydrogens (tertiary/aromatic N) is 2. The zero-order valence-electron chi connectivity index (χ0n) is 17.1. The molecule has 3 rings (SSSR count). The number of carbonyl (C=O) groups is 1. The molecule has 0 bridgehead atoms. The minimum Gasteiger partial charge on any atom is -0.392 e. The summed E-state index contributed by atoms with van der Waals surface area (Å²) < 4.78 is 10.5. The molecule has 0 atom stereocenters. The third-order valence-electron chi connectivity index (χ3n) is 4.30. The van der Waals surface area contributed by atoms with Gasteiger partial charge in [-0.3, -0.25) is 4.79 Å². The Labute approximate surface area is 186 Å². The molecule has 4 N–H and O–H groups in total. The predicted molar refractivity (Wildman–Crippen MR) is 124 cm³/mol. The lowest BCUT2D eigenvalue weighted by molar-refractivity contribution is 0.102. The van der Waals surface area contributed by atoms with Crippen LogP contribution in [-0.2, 0) is 15.7 Å². The summed E-state index contributed by atoms with van der Waals surface area (Å²) in [6, 6.07) is 14.6. The monoisotopic (exact) mass is 458 g/mol. The summed E-state index contributed by atoms with van der Waals surface area (Å²) >= 11 is 1.61. The van der Waals surface area contributed by atoms with Gasteiger partial charge >= 0.3 is 0 Å². The molecule has 0 aliphatic carbocycles. The predicted octanol–water partition coefficient (Wildman–Crippen LogP) is 4.12. The van der Waals surface area contributed by atoms with Gasteiger partial charge in [0, 0.05) is 30.4 Å². The van der Waals surface area contributed by atoms with Crippen molar-refractivity contribution in [3.63, 3.8) is 0 Å². The van der Waals surface area contributed by atoms with Crippen molar-refractivity contribution >= 4 is 37.5 Å². The van der Waals surface area contributed by atoms with E-state index in [1.54, 1.807) is 38.1 Å². The van der Waals surface area contributed by atoms with Crippen LogP contribution in [0.1, 0.15) is 16.1 Å². The molecule has 0 radical (unpaired) electrons. The highest BCUT2D eigenvalue weighted by Gasteiger charge is 2.15. The van der Waals surface area contributed by atoms with E-state index in [4.69, 9.17) is 14.8 Å². The summed E-state index contributed by atoms with van der Waals surface area (Å²) in [6.07, 6.45) is 1.51. The van der Waals surface area contributed by atoms with E-state index in [1.807, 2.05) is 36.4 Å². The normalized spacial score (nSPS) is 11.0. The van der Waals surface area contributed by atoms with Crippen LogP contribution in [0.2, 0.25) is 0 Å². The molecule has 1 heterocycles. The van der Waals surface area contributed by atoms with Crippen LogP contribution in [0.4, 0.5) is 11.5 Å². The number of benzene rings is 2. The number of nitrogens with one attached hydrogen (secondary N) is 1. The number of aliphatic hydroxyl groups is 1. The van der Waals surface area contributed by atoms with Crippen molar-refractivity contribution in [3.05, 3.63) is 66.0 Å². The third-order valence-corrected chi connectivity index (χ3v) is 7.08. The maximum absolute atomic E-state index is 12.7. The molecule has 10 heteroatoms. The molecule has 1 amide bonds. The first kappa shape index (κ1) is 23.1. The summed E-state index contributed by atoms with van der Waals surface area (Å²) in [5, 5.41) is 12.0. The van der Waals surface area contributed by atoms with Crippen LogP contribution in [0.5, 0.6) is 0 Å². The van der Waals surface area contributed by atoms with Crippen LogP contribution in [0, 0.1) is 0 Å². The lowest BCUT2D eigenvalue weighted by atomic mass is 10.1. The lowest BCUT2D eigenvalue weighted by Gasteiger charge is -2.12. The quantitative estimate of drug-likeness (QED) is 0.324. The first-order chi connectivity index (χ1) is 15.0. The number of nitrogens with two attached hydrogens (primary N) is 1. The zero-order valence-corrected chi connectivity index (χ0v) is 18.8. The van der Waals surface area contributed by atoms with Crippen LogP contribution in [-0.4, -0.2) is 40.7 Å². The molecule has 31 heavy (non-hydrogen) atoms. The summed E-state index contributed by atoms with van der Waals surface area (Å²) in [5.41, 5.74) is 9.35. The summed E-state index contributed by atoms with van der Waals surface area (Å²) in [5.74, 6) is -0.394. The fraction of sp³-hybridized carbons (Fsp3) is 0.190. The van der Waals surface area contributed by atoms with Crippen LogP contribution in [0.25, 0.3) is 11.3 Å². The number of anilines is 2. The van der Waals surface area contributed by atoms with E-state index in [0.29, 0.717) is 16.9 Å². The average molecular weight is 458 g/mol. The number of amides is 1. The minimum atomic E-state index is -0.909. The largest absolute Gasteiger partial charge is 0.392 e. The van der Waals surface area contributed by atoms with Gasteiger partial charge in [0.2, 0.25) is 0 Å². The minimum absolute atomic E-state index is 0.0428. The summed E-state index contributed by atoms with van der Waals surface area (Å²) in [6.45, 7) is -0.0428. The van der Waals surface area contributed by atoms with Crippen molar-refractivity contribution in [2.24, 2.45) is 0 Å². The Morgan fingerprint density at radius 3 is 2.42 bits per heavy atom. The molecule has 0 aliphatic heterocycles. The second-order valence-corrected chi connectivity index (χ2v) is 9.48. The van der Waals surface area contributed by atoms with E-state index in [-0.39, 0.29) is 18.1 Å². The van der Waals surface area contributed by atoms with E-state index in [2.05, 4.69) is 15.3 Å². The number of hydrogen-bond acceptors (Lipinski definition) is 8. The molecular weight excluding hydrogens is 435 g/mol. The van der Waals surface area contributed by atoms with Crippen LogP contribution in [0.15, 0.2) is 59.6 Å². The number of nitrogen functional groups attached to an aromatic ring is 1. The molecule has 0 unspecified atom stereocenters. The molecule has 1 aromatic heterocycles. The SMILES string of the molecule is COP(CSc1ccc(NC(=O)c2nc(-c3ccc(CO)cc3)cnc2N)cc1)OC. The Balaban J connectivity index is 1.69. The number of thioether (sulfide) groups is 1. The maximum Gasteiger partial charge on any atom is 0.278 e. The highest BCUT2D eigenvalue weighted by molar-refractivity contribution is 8.04. The second-order valence-electron chi connectivity index (χ2n) is 6.29. The number of carbonyl (C=O) groups excluding carboxylic acids is 1. The Morgan fingerprint density at radius 1 is 1.13 bits per heavy atom. The van der Waals surface area contributed by atoms with Gasteiger partial charge in [0.1, 0.15) is 0 Å². The molecule has 0 spiro atoms. The van der Waals surface area contributed by atoms with Gasteiger partial charge in [-0.05, 0) is 29.8 Å². The number of hydrogen-bond donors (Lipinski definition) is 3. The smallest absolute Gasteiger partial charge is 0.278 e. The van der Waals surface area contributed by atoms with Gasteiger partial charge in [0.25, 0.3) is 5.91 Å². The second kappa shape index (κ2) is 11.2. The Morgan fingerprint density at radius 2 is 1.81 bits per heavy atom. The summed E-state index contributed by atoms with van der Waals surface area (Å²) in [4.78, 5) is 22.3. The number of rotatable bonds is 9. The van der Waals surface area contributed by atoms with Crippen LogP contribution >= 0.6 is 20.1 Å². The fourth-order valence-corrected chi connectivity index (χ4v) is 4.96. The fourth-order valence-electron chi connectivity index (χ4n) is 2.62. The Bertz CT molecular complexity index is 1010. The van der Waals surface area contributed by atoms with Crippen molar-refractivity contribution in [1.82, 2.24) is 9.97 Å². The third kappa shape index (κ3) is 6.22. The molecule has 0 fully saturated rings. The number of aromatic nitrogens is 2. The van der Waals surface area contributed by atoms with Crippen LogP contribution < -0.4 is 11.1 Å². The Kier molecular flexibility index (Phi) is 8.34. The first-order valence-electron chi connectivity index (χ1n) is 9.26. The van der Waals surface area contributed by atoms with Gasteiger partial charge in [-0.2, -0.15) is 0 Å². The molecule has 0 aliphatic rings. The lowest BCUT2D eigenvalue weighted by Crippen LogP contribution is -2.17. The van der Waals surface area contributed by atoms with Crippen LogP contribution in [0.3, 0.4) is 0 Å². The molecular formula is C21H23N4O4PS. The summed E-state index contributed by atoms with van der Waals surface area (Å²) in [7, 11) is 2.35. The highest BCUT2D eigenvalue weighted by atomic mass is 32.2. The van der Waals surface area contributed by atoms with Gasteiger partial charge in [-0.1, -0.05) is 24.3 Å². The van der Waals surface area contributed by atoms with Crippen molar-refractivity contribution in [3.8, 4) is 11.3 Å². The zero-order chi connectivity index (χ0) is 22.2. The van der Waals surface area contributed by atoms with Gasteiger partial charge in [-0.25, -0.2) is 9.97 Å². The van der Waals surface area contributed by atoms with Crippen molar-refractivity contribution in [2.45, 2.75) is 11.5 Å². The highest BCUT2D eigenvalue weighted by Crippen LogP contribution is 2.42. The van der Waals surface area contributed by atoms with E-state index in [9.17, 15) is 9.90 Å². The molecule has 2 aromatic carbocycles. The Hall–Kier alpha value is -2.55. The first-order valence-corrected chi connectivity index (χ1v) is 11.6. The van der Waals surface area contributed by atoms with E-state index in [1.165, 1.54) is 6.20 Å². The molecule has 0 saturated heterocycles. The average Bonchev–Trinajstić information content (AvgIpc) is 2.81. The van der Waals surface area contributed by atoms with Crippen molar-refractivity contribution in [2.75, 3.05) is 30.8 Å². The van der Waals surface area contributed by atoms with Gasteiger partial charge in [0.15, 0.2) is 19.9 Å². The molecule has 3 aromatic rings. The van der Waals surface area contributed by atoms with Crippen molar-refractivity contribution < 1.29 is 18.9 Å². The molecule has 162 valence electrons. The topological polar surface area (TPSA) is 120 Å². The van der Waals surface area contributed by atoms with E-state index < -0.39 is 14.3 Å².